The van der Waals surface area contributed by atoms with Crippen LogP contribution in [-0.4, -0.2) is 0 Å². The van der Waals surface area contributed by atoms with Gasteiger partial charge in [-0.25, -0.2) is 0 Å². The first-order chi connectivity index (χ1) is 9.37. The molecular weight excluding hydrogens is 240 g/mol. The molecule has 4 unspecified atom stereocenters. The maximum absolute atomic E-state index is 2.59. The van der Waals surface area contributed by atoms with Gasteiger partial charge in [-0.15, -0.1) is 0 Å². The predicted molar refractivity (Wildman–Crippen MR) is 87.5 cm³/mol. The van der Waals surface area contributed by atoms with Gasteiger partial charge < -0.3 is 0 Å². The van der Waals surface area contributed by atoms with E-state index in [0.717, 1.165) is 17.8 Å². The first-order valence-electron chi connectivity index (χ1n) is 8.43. The minimum Gasteiger partial charge on any atom is -0.0842 e. The molecule has 0 bridgehead atoms. The van der Waals surface area contributed by atoms with E-state index in [9.17, 15) is 0 Å². The highest BCUT2D eigenvalue weighted by Crippen LogP contribution is 2.63. The molecule has 20 heavy (non-hydrogen) atoms. The van der Waals surface area contributed by atoms with E-state index < -0.39 is 0 Å². The molecule has 1 saturated carbocycles. The average Bonchev–Trinajstić information content (AvgIpc) is 2.64. The van der Waals surface area contributed by atoms with Gasteiger partial charge in [0.05, 0.1) is 0 Å². The lowest BCUT2D eigenvalue weighted by Gasteiger charge is -2.53. The van der Waals surface area contributed by atoms with E-state index >= 15 is 0 Å². The van der Waals surface area contributed by atoms with Crippen LogP contribution < -0.4 is 0 Å². The molecule has 0 N–H and O–H groups in total. The Bertz CT molecular complexity index is 490. The van der Waals surface area contributed by atoms with Crippen molar-refractivity contribution in [3.63, 3.8) is 0 Å². The average molecular weight is 270 g/mol. The predicted octanol–water partition coefficient (Wildman–Crippen LogP) is 5.92. The van der Waals surface area contributed by atoms with E-state index in [0.29, 0.717) is 10.8 Å². The van der Waals surface area contributed by atoms with Crippen LogP contribution in [0, 0.1) is 28.6 Å². The monoisotopic (exact) mass is 270 g/mol. The minimum atomic E-state index is 0.403. The second kappa shape index (κ2) is 4.61. The summed E-state index contributed by atoms with van der Waals surface area (Å²) < 4.78 is 0. The summed E-state index contributed by atoms with van der Waals surface area (Å²) >= 11 is 0. The maximum Gasteiger partial charge on any atom is -0.0106 e. The highest BCUT2D eigenvalue weighted by atomic mass is 14.6. The Balaban J connectivity index is 1.98. The van der Waals surface area contributed by atoms with Crippen LogP contribution in [0.25, 0.3) is 0 Å². The van der Waals surface area contributed by atoms with Crippen LogP contribution >= 0.6 is 0 Å². The zero-order chi connectivity index (χ0) is 14.5. The van der Waals surface area contributed by atoms with E-state index in [1.165, 1.54) is 31.3 Å². The quantitative estimate of drug-likeness (QED) is 0.519. The molecule has 0 saturated heterocycles. The molecule has 1 fully saturated rings. The molecule has 0 aromatic heterocycles. The third-order valence-corrected chi connectivity index (χ3v) is 6.61. The van der Waals surface area contributed by atoms with Crippen LogP contribution in [0.3, 0.4) is 0 Å². The fourth-order valence-corrected chi connectivity index (χ4v) is 5.34. The Morgan fingerprint density at radius 2 is 1.95 bits per heavy atom. The molecule has 0 amide bonds. The summed E-state index contributed by atoms with van der Waals surface area (Å²) in [6.07, 6.45) is 15.3. The molecule has 0 radical (unpaired) electrons. The molecule has 3 rings (SSSR count). The molecule has 4 atom stereocenters. The standard InChI is InChI=1S/C20H30/c1-14(2)16-9-13-20(5)17(16)10-12-19(4)11-8-15(3)6-7-18(19)20/h6,8-9,11,14,17-18H,7,10,12-13H2,1-5H3. The summed E-state index contributed by atoms with van der Waals surface area (Å²) in [5.74, 6) is 2.36. The van der Waals surface area contributed by atoms with Crippen LogP contribution in [-0.2, 0) is 0 Å². The molecule has 0 spiro atoms. The van der Waals surface area contributed by atoms with Gasteiger partial charge in [-0.1, -0.05) is 63.1 Å². The highest BCUT2D eigenvalue weighted by Gasteiger charge is 2.54. The van der Waals surface area contributed by atoms with Crippen molar-refractivity contribution in [3.8, 4) is 0 Å². The van der Waals surface area contributed by atoms with Crippen molar-refractivity contribution in [2.45, 2.75) is 60.3 Å². The van der Waals surface area contributed by atoms with Gasteiger partial charge in [-0.05, 0) is 61.2 Å². The maximum atomic E-state index is 2.59. The van der Waals surface area contributed by atoms with Gasteiger partial charge >= 0.3 is 0 Å². The van der Waals surface area contributed by atoms with E-state index in [2.05, 4.69) is 58.9 Å². The number of allylic oxidation sites excluding steroid dienone is 6. The molecule has 110 valence electrons. The lowest BCUT2D eigenvalue weighted by Crippen LogP contribution is -2.46. The van der Waals surface area contributed by atoms with E-state index in [4.69, 9.17) is 0 Å². The molecular formula is C20H30. The first-order valence-corrected chi connectivity index (χ1v) is 8.43. The molecule has 0 heteroatoms. The van der Waals surface area contributed by atoms with Crippen molar-refractivity contribution < 1.29 is 0 Å². The second-order valence-electron chi connectivity index (χ2n) is 8.24. The van der Waals surface area contributed by atoms with Crippen molar-refractivity contribution >= 4 is 0 Å². The van der Waals surface area contributed by atoms with Gasteiger partial charge in [0.2, 0.25) is 0 Å². The van der Waals surface area contributed by atoms with Crippen molar-refractivity contribution in [1.29, 1.82) is 0 Å². The Morgan fingerprint density at radius 3 is 2.65 bits per heavy atom. The van der Waals surface area contributed by atoms with Gasteiger partial charge in [0.25, 0.3) is 0 Å². The zero-order valence-electron chi connectivity index (χ0n) is 13.9. The van der Waals surface area contributed by atoms with Crippen LogP contribution in [0.2, 0.25) is 0 Å². The van der Waals surface area contributed by atoms with Gasteiger partial charge in [0.15, 0.2) is 0 Å². The summed E-state index contributed by atoms with van der Waals surface area (Å²) in [5, 5.41) is 0. The summed E-state index contributed by atoms with van der Waals surface area (Å²) in [5.41, 5.74) is 4.09. The van der Waals surface area contributed by atoms with Crippen LogP contribution in [0.15, 0.2) is 35.5 Å². The topological polar surface area (TPSA) is 0 Å². The molecule has 0 nitrogen and oxygen atoms in total. The number of rotatable bonds is 1. The largest absolute Gasteiger partial charge is 0.0842 e. The summed E-state index contributed by atoms with van der Waals surface area (Å²) in [6, 6.07) is 0. The fraction of sp³-hybridized carbons (Fsp3) is 0.700. The number of fused-ring (bicyclic) bond motifs is 3. The van der Waals surface area contributed by atoms with Crippen LogP contribution in [0.4, 0.5) is 0 Å². The molecule has 3 aliphatic rings. The summed E-state index contributed by atoms with van der Waals surface area (Å²) in [4.78, 5) is 0. The molecule has 3 aliphatic carbocycles. The van der Waals surface area contributed by atoms with E-state index in [1.807, 2.05) is 0 Å². The van der Waals surface area contributed by atoms with Crippen molar-refractivity contribution in [2.75, 3.05) is 0 Å². The van der Waals surface area contributed by atoms with Gasteiger partial charge in [-0.2, -0.15) is 0 Å². The Morgan fingerprint density at radius 1 is 1.20 bits per heavy atom. The van der Waals surface area contributed by atoms with Crippen molar-refractivity contribution in [3.05, 3.63) is 35.5 Å². The lowest BCUT2D eigenvalue weighted by atomic mass is 9.50. The summed E-state index contributed by atoms with van der Waals surface area (Å²) in [7, 11) is 0. The third kappa shape index (κ3) is 1.95. The molecule has 0 heterocycles. The third-order valence-electron chi connectivity index (χ3n) is 6.61. The minimum absolute atomic E-state index is 0.403. The van der Waals surface area contributed by atoms with Crippen molar-refractivity contribution in [1.82, 2.24) is 0 Å². The zero-order valence-corrected chi connectivity index (χ0v) is 13.9. The molecule has 0 aliphatic heterocycles. The lowest BCUT2D eigenvalue weighted by molar-refractivity contribution is -0.00657. The SMILES string of the molecule is CC1=CCC2C(C)(C=C1)CCC1C(C(C)C)=CCC12C. The summed E-state index contributed by atoms with van der Waals surface area (Å²) in [6.45, 7) is 12.1. The number of hydrogen-bond donors (Lipinski definition) is 0. The first kappa shape index (κ1) is 14.2. The van der Waals surface area contributed by atoms with Crippen molar-refractivity contribution in [2.24, 2.45) is 28.6 Å². The van der Waals surface area contributed by atoms with E-state index in [1.54, 1.807) is 5.57 Å². The number of hydrogen-bond acceptors (Lipinski definition) is 0. The Labute approximate surface area is 125 Å². The highest BCUT2D eigenvalue weighted by molar-refractivity contribution is 5.30. The molecule has 0 aromatic carbocycles. The normalized spacial score (nSPS) is 43.7. The van der Waals surface area contributed by atoms with E-state index in [-0.39, 0.29) is 0 Å². The smallest absolute Gasteiger partial charge is 0.0106 e. The van der Waals surface area contributed by atoms with Crippen LogP contribution in [0.1, 0.15) is 60.3 Å². The van der Waals surface area contributed by atoms with Gasteiger partial charge in [-0.3, -0.25) is 0 Å². The molecule has 0 aromatic rings. The Kier molecular flexibility index (Phi) is 3.27. The Hall–Kier alpha value is -0.780. The second-order valence-corrected chi connectivity index (χ2v) is 8.24. The van der Waals surface area contributed by atoms with Gasteiger partial charge in [0.1, 0.15) is 0 Å². The fourth-order valence-electron chi connectivity index (χ4n) is 5.34. The van der Waals surface area contributed by atoms with Crippen LogP contribution in [0.5, 0.6) is 0 Å². The van der Waals surface area contributed by atoms with Gasteiger partial charge in [0, 0.05) is 0 Å².